The summed E-state index contributed by atoms with van der Waals surface area (Å²) in [6, 6.07) is 26.0. The molecule has 2 N–H and O–H groups in total. The fourth-order valence-electron chi connectivity index (χ4n) is 3.84. The fourth-order valence-corrected chi connectivity index (χ4v) is 3.84. The van der Waals surface area contributed by atoms with Gasteiger partial charge in [-0.25, -0.2) is 0 Å². The minimum absolute atomic E-state index is 0.844. The molecule has 24 heavy (non-hydrogen) atoms. The van der Waals surface area contributed by atoms with Gasteiger partial charge in [0.05, 0.1) is 0 Å². The van der Waals surface area contributed by atoms with Gasteiger partial charge in [-0.1, -0.05) is 66.2 Å². The van der Waals surface area contributed by atoms with Crippen LogP contribution in [-0.4, -0.2) is 0 Å². The second kappa shape index (κ2) is 4.72. The third-order valence-electron chi connectivity index (χ3n) is 5.02. The molecule has 1 heteroatoms. The van der Waals surface area contributed by atoms with E-state index in [1.165, 1.54) is 49.0 Å². The molecule has 0 radical (unpaired) electrons. The van der Waals surface area contributed by atoms with E-state index in [0.29, 0.717) is 0 Å². The lowest BCUT2D eigenvalue weighted by atomic mass is 9.88. The monoisotopic (exact) mass is 307 g/mol. The third kappa shape index (κ3) is 1.75. The van der Waals surface area contributed by atoms with Gasteiger partial charge in [0.1, 0.15) is 0 Å². The van der Waals surface area contributed by atoms with Crippen molar-refractivity contribution in [3.8, 4) is 11.1 Å². The molecular weight excluding hydrogens is 290 g/mol. The molecule has 0 saturated carbocycles. The van der Waals surface area contributed by atoms with Gasteiger partial charge < -0.3 is 5.73 Å². The summed E-state index contributed by atoms with van der Waals surface area (Å²) >= 11 is 0. The van der Waals surface area contributed by atoms with E-state index < -0.39 is 0 Å². The highest BCUT2D eigenvalue weighted by atomic mass is 14.6. The highest BCUT2D eigenvalue weighted by Gasteiger charge is 2.14. The van der Waals surface area contributed by atoms with E-state index in [1.54, 1.807) is 0 Å². The quantitative estimate of drug-likeness (QED) is 0.292. The van der Waals surface area contributed by atoms with Gasteiger partial charge in [0.15, 0.2) is 0 Å². The van der Waals surface area contributed by atoms with Gasteiger partial charge in [0.25, 0.3) is 0 Å². The summed E-state index contributed by atoms with van der Waals surface area (Å²) in [6.45, 7) is 2.12. The summed E-state index contributed by atoms with van der Waals surface area (Å²) in [7, 11) is 0. The number of anilines is 1. The van der Waals surface area contributed by atoms with Crippen LogP contribution in [0.2, 0.25) is 0 Å². The van der Waals surface area contributed by atoms with Crippen molar-refractivity contribution in [2.45, 2.75) is 6.92 Å². The van der Waals surface area contributed by atoms with Crippen LogP contribution in [0.3, 0.4) is 0 Å². The molecule has 0 heterocycles. The van der Waals surface area contributed by atoms with Gasteiger partial charge in [-0.2, -0.15) is 0 Å². The van der Waals surface area contributed by atoms with Gasteiger partial charge in [0.2, 0.25) is 0 Å². The molecule has 0 saturated heterocycles. The van der Waals surface area contributed by atoms with Crippen LogP contribution in [-0.2, 0) is 0 Å². The Labute approximate surface area is 140 Å². The van der Waals surface area contributed by atoms with Crippen LogP contribution in [0.25, 0.3) is 43.4 Å². The van der Waals surface area contributed by atoms with Crippen molar-refractivity contribution in [1.29, 1.82) is 0 Å². The molecule has 0 atom stereocenters. The second-order valence-electron chi connectivity index (χ2n) is 6.56. The molecule has 0 amide bonds. The average Bonchev–Trinajstić information content (AvgIpc) is 2.61. The number of nitrogens with two attached hydrogens (primary N) is 1. The first-order valence-corrected chi connectivity index (χ1v) is 8.25. The second-order valence-corrected chi connectivity index (χ2v) is 6.56. The van der Waals surface area contributed by atoms with Crippen LogP contribution in [0.1, 0.15) is 5.56 Å². The molecule has 1 nitrogen and oxygen atoms in total. The van der Waals surface area contributed by atoms with Crippen molar-refractivity contribution in [2.24, 2.45) is 0 Å². The predicted molar refractivity (Wildman–Crippen MR) is 105 cm³/mol. The predicted octanol–water partition coefficient (Wildman–Crippen LogP) is 6.14. The number of hydrogen-bond donors (Lipinski definition) is 1. The molecule has 5 rings (SSSR count). The molecule has 0 aliphatic carbocycles. The van der Waals surface area contributed by atoms with Crippen LogP contribution in [0, 0.1) is 6.92 Å². The van der Waals surface area contributed by atoms with Crippen LogP contribution in [0.15, 0.2) is 72.8 Å². The van der Waals surface area contributed by atoms with E-state index in [0.717, 1.165) is 5.69 Å². The smallest absolute Gasteiger partial charge is 0.0400 e. The van der Waals surface area contributed by atoms with Gasteiger partial charge >= 0.3 is 0 Å². The largest absolute Gasteiger partial charge is 0.398 e. The molecule has 0 spiro atoms. The summed E-state index contributed by atoms with van der Waals surface area (Å²) < 4.78 is 0. The Morgan fingerprint density at radius 2 is 1.29 bits per heavy atom. The molecule has 114 valence electrons. The maximum absolute atomic E-state index is 6.43. The van der Waals surface area contributed by atoms with Gasteiger partial charge in [-0.05, 0) is 51.7 Å². The lowest BCUT2D eigenvalue weighted by Gasteiger charge is -2.16. The number of benzene rings is 5. The molecule has 0 aliphatic heterocycles. The van der Waals surface area contributed by atoms with Crippen molar-refractivity contribution in [3.05, 3.63) is 78.4 Å². The Balaban J connectivity index is 2.05. The molecule has 0 unspecified atom stereocenters. The van der Waals surface area contributed by atoms with Crippen molar-refractivity contribution < 1.29 is 0 Å². The highest BCUT2D eigenvalue weighted by molar-refractivity contribution is 6.28. The van der Waals surface area contributed by atoms with Crippen molar-refractivity contribution in [2.75, 3.05) is 5.73 Å². The zero-order valence-corrected chi connectivity index (χ0v) is 13.5. The van der Waals surface area contributed by atoms with Crippen LogP contribution in [0.4, 0.5) is 5.69 Å². The van der Waals surface area contributed by atoms with Crippen molar-refractivity contribution >= 4 is 38.0 Å². The molecule has 0 aliphatic rings. The molecule has 5 aromatic carbocycles. The normalized spacial score (nSPS) is 11.7. The Morgan fingerprint density at radius 1 is 0.625 bits per heavy atom. The number of nitrogen functional groups attached to an aromatic ring is 1. The van der Waals surface area contributed by atoms with E-state index in [1.807, 2.05) is 6.07 Å². The summed E-state index contributed by atoms with van der Waals surface area (Å²) in [5, 5.41) is 7.55. The molecular formula is C23H17N. The fraction of sp³-hybridized carbons (Fsp3) is 0.0435. The van der Waals surface area contributed by atoms with Crippen molar-refractivity contribution in [3.63, 3.8) is 0 Å². The Bertz CT molecular complexity index is 1200. The van der Waals surface area contributed by atoms with E-state index in [4.69, 9.17) is 5.73 Å². The lowest BCUT2D eigenvalue weighted by molar-refractivity contribution is 1.47. The van der Waals surface area contributed by atoms with Crippen LogP contribution in [0.5, 0.6) is 0 Å². The summed E-state index contributed by atoms with van der Waals surface area (Å²) in [6.07, 6.45) is 0. The summed E-state index contributed by atoms with van der Waals surface area (Å²) in [5.74, 6) is 0. The first kappa shape index (κ1) is 13.4. The van der Waals surface area contributed by atoms with Crippen LogP contribution >= 0.6 is 0 Å². The highest BCUT2D eigenvalue weighted by Crippen LogP contribution is 2.42. The minimum Gasteiger partial charge on any atom is -0.398 e. The Morgan fingerprint density at radius 3 is 2.08 bits per heavy atom. The maximum Gasteiger partial charge on any atom is 0.0400 e. The van der Waals surface area contributed by atoms with Gasteiger partial charge in [-0.3, -0.25) is 0 Å². The lowest BCUT2D eigenvalue weighted by Crippen LogP contribution is -1.93. The van der Waals surface area contributed by atoms with Gasteiger partial charge in [-0.15, -0.1) is 0 Å². The minimum atomic E-state index is 0.844. The number of hydrogen-bond acceptors (Lipinski definition) is 1. The zero-order valence-electron chi connectivity index (χ0n) is 13.5. The molecule has 0 bridgehead atoms. The molecule has 5 aromatic rings. The van der Waals surface area contributed by atoms with Gasteiger partial charge in [0, 0.05) is 16.5 Å². The topological polar surface area (TPSA) is 26.0 Å². The summed E-state index contributed by atoms with van der Waals surface area (Å²) in [4.78, 5) is 0. The van der Waals surface area contributed by atoms with E-state index in [-0.39, 0.29) is 0 Å². The van der Waals surface area contributed by atoms with E-state index >= 15 is 0 Å². The van der Waals surface area contributed by atoms with Crippen molar-refractivity contribution in [1.82, 2.24) is 0 Å². The Hall–Kier alpha value is -3.06. The third-order valence-corrected chi connectivity index (χ3v) is 5.02. The number of aryl methyl sites for hydroxylation is 1. The first-order chi connectivity index (χ1) is 11.7. The number of rotatable bonds is 1. The summed E-state index contributed by atoms with van der Waals surface area (Å²) in [5.41, 5.74) is 11.0. The average molecular weight is 307 g/mol. The SMILES string of the molecule is Cc1ccc(-c2cc3cccc4ccc5ccc(N)c2c5c43)cc1. The standard InChI is InChI=1S/C23H17N/c1-14-5-7-15(8-6-14)19-13-18-4-2-3-16-9-10-17-11-12-20(24)23(19)22(17)21(16)18/h2-13H,24H2,1H3. The first-order valence-electron chi connectivity index (χ1n) is 8.25. The molecule has 0 aromatic heterocycles. The Kier molecular flexibility index (Phi) is 2.63. The van der Waals surface area contributed by atoms with E-state index in [9.17, 15) is 0 Å². The zero-order chi connectivity index (χ0) is 16.3. The van der Waals surface area contributed by atoms with E-state index in [2.05, 4.69) is 73.7 Å². The molecule has 0 fully saturated rings. The maximum atomic E-state index is 6.43. The van der Waals surface area contributed by atoms with Crippen LogP contribution < -0.4 is 5.73 Å².